The number of rotatable bonds is 4. The molecule has 2 atom stereocenters. The largest absolute Gasteiger partial charge is 0.330 e. The molecule has 0 aliphatic heterocycles. The maximum absolute atomic E-state index is 13.2. The molecular formula is C13H19FN2O2S. The number of hydrogen-bond acceptors (Lipinski definition) is 3. The van der Waals surface area contributed by atoms with E-state index in [0.717, 1.165) is 25.3 Å². The van der Waals surface area contributed by atoms with Crippen molar-refractivity contribution in [1.82, 2.24) is 4.72 Å². The van der Waals surface area contributed by atoms with E-state index < -0.39 is 15.8 Å². The van der Waals surface area contributed by atoms with E-state index in [1.54, 1.807) is 6.92 Å². The number of hydrogen-bond donors (Lipinski definition) is 2. The second-order valence-electron chi connectivity index (χ2n) is 5.06. The van der Waals surface area contributed by atoms with Gasteiger partial charge in [-0.3, -0.25) is 0 Å². The number of sulfonamides is 1. The summed E-state index contributed by atoms with van der Waals surface area (Å²) in [5.74, 6) is -0.378. The van der Waals surface area contributed by atoms with Crippen LogP contribution in [-0.2, 0) is 10.0 Å². The molecule has 106 valence electrons. The molecule has 0 aromatic heterocycles. The summed E-state index contributed by atoms with van der Waals surface area (Å²) in [6.07, 6.45) is 2.69. The molecule has 1 fully saturated rings. The van der Waals surface area contributed by atoms with Crippen LogP contribution in [0.15, 0.2) is 23.1 Å². The van der Waals surface area contributed by atoms with E-state index in [9.17, 15) is 12.8 Å². The van der Waals surface area contributed by atoms with E-state index in [1.165, 1.54) is 12.1 Å². The highest BCUT2D eigenvalue weighted by Crippen LogP contribution is 2.27. The number of aryl methyl sites for hydroxylation is 1. The lowest BCUT2D eigenvalue weighted by Gasteiger charge is -2.20. The van der Waals surface area contributed by atoms with Gasteiger partial charge in [-0.1, -0.05) is 12.5 Å². The van der Waals surface area contributed by atoms with Crippen LogP contribution in [0.25, 0.3) is 0 Å². The van der Waals surface area contributed by atoms with Gasteiger partial charge in [0, 0.05) is 6.04 Å². The Morgan fingerprint density at radius 2 is 2.16 bits per heavy atom. The summed E-state index contributed by atoms with van der Waals surface area (Å²) in [5, 5.41) is 0. The lowest BCUT2D eigenvalue weighted by molar-refractivity contribution is 0.452. The average Bonchev–Trinajstić information content (AvgIpc) is 2.78. The molecule has 1 aromatic rings. The highest BCUT2D eigenvalue weighted by molar-refractivity contribution is 7.89. The standard InChI is InChI=1S/C13H19FN2O2S/c1-9-5-6-11(14)7-13(9)19(17,18)16-12-4-2-3-10(12)8-15/h5-7,10,12,16H,2-4,8,15H2,1H3/t10-,12-/m1/s1. The summed E-state index contributed by atoms with van der Waals surface area (Å²) in [6.45, 7) is 2.12. The van der Waals surface area contributed by atoms with Crippen LogP contribution in [0.4, 0.5) is 4.39 Å². The molecule has 1 aromatic carbocycles. The monoisotopic (exact) mass is 286 g/mol. The van der Waals surface area contributed by atoms with Crippen LogP contribution in [-0.4, -0.2) is 21.0 Å². The molecule has 0 bridgehead atoms. The topological polar surface area (TPSA) is 72.2 Å². The average molecular weight is 286 g/mol. The van der Waals surface area contributed by atoms with Gasteiger partial charge in [0.2, 0.25) is 10.0 Å². The van der Waals surface area contributed by atoms with Crippen molar-refractivity contribution >= 4 is 10.0 Å². The predicted molar refractivity (Wildman–Crippen MR) is 71.6 cm³/mol. The summed E-state index contributed by atoms with van der Waals surface area (Å²) < 4.78 is 40.5. The molecule has 0 unspecified atom stereocenters. The zero-order chi connectivity index (χ0) is 14.0. The van der Waals surface area contributed by atoms with Gasteiger partial charge >= 0.3 is 0 Å². The molecule has 0 radical (unpaired) electrons. The van der Waals surface area contributed by atoms with E-state index >= 15 is 0 Å². The molecule has 1 saturated carbocycles. The van der Waals surface area contributed by atoms with Crippen molar-refractivity contribution in [3.8, 4) is 0 Å². The lowest BCUT2D eigenvalue weighted by atomic mass is 10.1. The second kappa shape index (κ2) is 5.56. The molecule has 6 heteroatoms. The third kappa shape index (κ3) is 3.13. The number of nitrogens with one attached hydrogen (secondary N) is 1. The summed E-state index contributed by atoms with van der Waals surface area (Å²) in [4.78, 5) is 0.00942. The minimum atomic E-state index is -3.69. The third-order valence-corrected chi connectivity index (χ3v) is 5.34. The second-order valence-corrected chi connectivity index (χ2v) is 6.75. The van der Waals surface area contributed by atoms with Gasteiger partial charge in [-0.2, -0.15) is 0 Å². The highest BCUT2D eigenvalue weighted by atomic mass is 32.2. The van der Waals surface area contributed by atoms with Crippen molar-refractivity contribution in [3.63, 3.8) is 0 Å². The molecule has 0 saturated heterocycles. The summed E-state index contributed by atoms with van der Waals surface area (Å²) in [7, 11) is -3.69. The number of nitrogens with two attached hydrogens (primary N) is 1. The van der Waals surface area contributed by atoms with Crippen molar-refractivity contribution in [2.45, 2.75) is 37.1 Å². The molecule has 2 rings (SSSR count). The van der Waals surface area contributed by atoms with Crippen molar-refractivity contribution < 1.29 is 12.8 Å². The van der Waals surface area contributed by atoms with Gasteiger partial charge in [0.1, 0.15) is 5.82 Å². The molecule has 19 heavy (non-hydrogen) atoms. The first-order chi connectivity index (χ1) is 8.94. The van der Waals surface area contributed by atoms with E-state index in [-0.39, 0.29) is 16.9 Å². The zero-order valence-electron chi connectivity index (χ0n) is 10.9. The first-order valence-electron chi connectivity index (χ1n) is 6.42. The van der Waals surface area contributed by atoms with Crippen molar-refractivity contribution in [3.05, 3.63) is 29.6 Å². The number of halogens is 1. The highest BCUT2D eigenvalue weighted by Gasteiger charge is 2.30. The maximum atomic E-state index is 13.2. The smallest absolute Gasteiger partial charge is 0.241 e. The van der Waals surface area contributed by atoms with Gasteiger partial charge in [0.15, 0.2) is 0 Å². The van der Waals surface area contributed by atoms with Crippen molar-refractivity contribution in [1.29, 1.82) is 0 Å². The van der Waals surface area contributed by atoms with E-state index in [0.29, 0.717) is 12.1 Å². The van der Waals surface area contributed by atoms with Crippen LogP contribution in [0.1, 0.15) is 24.8 Å². The van der Waals surface area contributed by atoms with Crippen LogP contribution < -0.4 is 10.5 Å². The van der Waals surface area contributed by atoms with Crippen LogP contribution in [0.5, 0.6) is 0 Å². The molecular weight excluding hydrogens is 267 g/mol. The van der Waals surface area contributed by atoms with Crippen LogP contribution in [0, 0.1) is 18.7 Å². The third-order valence-electron chi connectivity index (χ3n) is 3.71. The Bertz CT molecular complexity index is 560. The van der Waals surface area contributed by atoms with E-state index in [2.05, 4.69) is 4.72 Å². The van der Waals surface area contributed by atoms with Gasteiger partial charge in [-0.15, -0.1) is 0 Å². The fourth-order valence-electron chi connectivity index (χ4n) is 2.60. The van der Waals surface area contributed by atoms with Gasteiger partial charge in [-0.25, -0.2) is 17.5 Å². The molecule has 4 nitrogen and oxygen atoms in total. The minimum absolute atomic E-state index is 0.00942. The Hall–Kier alpha value is -0.980. The van der Waals surface area contributed by atoms with Crippen LogP contribution >= 0.6 is 0 Å². The summed E-state index contributed by atoms with van der Waals surface area (Å²) in [6, 6.07) is 3.65. The summed E-state index contributed by atoms with van der Waals surface area (Å²) in [5.41, 5.74) is 6.18. The SMILES string of the molecule is Cc1ccc(F)cc1S(=O)(=O)N[C@@H]1CCC[C@@H]1CN. The molecule has 0 heterocycles. The fourth-order valence-corrected chi connectivity index (χ4v) is 4.20. The minimum Gasteiger partial charge on any atom is -0.330 e. The first-order valence-corrected chi connectivity index (χ1v) is 7.91. The summed E-state index contributed by atoms with van der Waals surface area (Å²) >= 11 is 0. The quantitative estimate of drug-likeness (QED) is 0.882. The number of benzene rings is 1. The predicted octanol–water partition coefficient (Wildman–Crippen LogP) is 1.54. The van der Waals surface area contributed by atoms with Gasteiger partial charge in [0.25, 0.3) is 0 Å². The van der Waals surface area contributed by atoms with E-state index in [1.807, 2.05) is 0 Å². The normalized spacial score (nSPS) is 23.7. The van der Waals surface area contributed by atoms with E-state index in [4.69, 9.17) is 5.73 Å². The Balaban J connectivity index is 2.25. The molecule has 3 N–H and O–H groups in total. The Morgan fingerprint density at radius 1 is 1.42 bits per heavy atom. The molecule has 0 amide bonds. The first kappa shape index (κ1) is 14.4. The van der Waals surface area contributed by atoms with Crippen molar-refractivity contribution in [2.24, 2.45) is 11.7 Å². The zero-order valence-corrected chi connectivity index (χ0v) is 11.7. The fraction of sp³-hybridized carbons (Fsp3) is 0.538. The Labute approximate surface area is 113 Å². The van der Waals surface area contributed by atoms with Gasteiger partial charge < -0.3 is 5.73 Å². The Kier molecular flexibility index (Phi) is 4.23. The molecule has 0 spiro atoms. The Morgan fingerprint density at radius 3 is 2.84 bits per heavy atom. The van der Waals surface area contributed by atoms with Crippen molar-refractivity contribution in [2.75, 3.05) is 6.54 Å². The van der Waals surface area contributed by atoms with Gasteiger partial charge in [0.05, 0.1) is 4.90 Å². The molecule has 1 aliphatic carbocycles. The molecule has 1 aliphatic rings. The maximum Gasteiger partial charge on any atom is 0.241 e. The van der Waals surface area contributed by atoms with Gasteiger partial charge in [-0.05, 0) is 49.9 Å². The van der Waals surface area contributed by atoms with Crippen LogP contribution in [0.3, 0.4) is 0 Å². The lowest BCUT2D eigenvalue weighted by Crippen LogP contribution is -2.40. The van der Waals surface area contributed by atoms with Crippen LogP contribution in [0.2, 0.25) is 0 Å².